The number of hydrogen-bond acceptors (Lipinski definition) is 2. The highest BCUT2D eigenvalue weighted by atomic mass is 32.1. The van der Waals surface area contributed by atoms with E-state index in [9.17, 15) is 0 Å². The minimum atomic E-state index is 0.0121. The van der Waals surface area contributed by atoms with E-state index in [1.807, 2.05) is 22.7 Å². The highest BCUT2D eigenvalue weighted by molar-refractivity contribution is 7.28. The predicted molar refractivity (Wildman–Crippen MR) is 173 cm³/mol. The number of fused-ring (bicyclic) bond motifs is 12. The monoisotopic (exact) mass is 532 g/mol. The summed E-state index contributed by atoms with van der Waals surface area (Å²) < 4.78 is 5.49. The van der Waals surface area contributed by atoms with Crippen LogP contribution in [0, 0.1) is 0 Å². The Labute approximate surface area is 234 Å². The molecule has 6 aromatic carbocycles. The second kappa shape index (κ2) is 7.57. The molecule has 1 aliphatic rings. The largest absolute Gasteiger partial charge is 0.135 e. The third-order valence-corrected chi connectivity index (χ3v) is 11.2. The molecular formula is C37H24S2. The van der Waals surface area contributed by atoms with Gasteiger partial charge in [0, 0.05) is 51.1 Å². The minimum absolute atomic E-state index is 0.0121. The summed E-state index contributed by atoms with van der Waals surface area (Å²) in [6, 6.07) is 41.1. The fraction of sp³-hybridized carbons (Fsp3) is 0.0811. The lowest BCUT2D eigenvalue weighted by atomic mass is 9.81. The molecule has 0 aliphatic heterocycles. The van der Waals surface area contributed by atoms with Crippen LogP contribution in [0.2, 0.25) is 0 Å². The molecule has 8 aromatic rings. The zero-order chi connectivity index (χ0) is 25.9. The van der Waals surface area contributed by atoms with Crippen LogP contribution >= 0.6 is 22.7 Å². The van der Waals surface area contributed by atoms with Gasteiger partial charge in [0.15, 0.2) is 0 Å². The first-order valence-electron chi connectivity index (χ1n) is 13.5. The molecule has 0 unspecified atom stereocenters. The van der Waals surface area contributed by atoms with E-state index < -0.39 is 0 Å². The lowest BCUT2D eigenvalue weighted by Crippen LogP contribution is -2.14. The lowest BCUT2D eigenvalue weighted by molar-refractivity contribution is 0.660. The van der Waals surface area contributed by atoms with Gasteiger partial charge in [-0.3, -0.25) is 0 Å². The summed E-state index contributed by atoms with van der Waals surface area (Å²) in [5.41, 5.74) is 8.21. The zero-order valence-corrected chi connectivity index (χ0v) is 23.3. The van der Waals surface area contributed by atoms with Gasteiger partial charge in [-0.15, -0.1) is 22.7 Å². The van der Waals surface area contributed by atoms with Gasteiger partial charge in [-0.1, -0.05) is 98.8 Å². The Balaban J connectivity index is 1.27. The Morgan fingerprint density at radius 2 is 1.23 bits per heavy atom. The molecule has 39 heavy (non-hydrogen) atoms. The molecule has 0 spiro atoms. The summed E-state index contributed by atoms with van der Waals surface area (Å²) in [5, 5.41) is 8.23. The zero-order valence-electron chi connectivity index (χ0n) is 21.7. The average Bonchev–Trinajstić information content (AvgIpc) is 3.61. The van der Waals surface area contributed by atoms with E-state index in [-0.39, 0.29) is 5.41 Å². The Hall–Kier alpha value is -3.98. The molecule has 0 fully saturated rings. The van der Waals surface area contributed by atoms with Crippen molar-refractivity contribution in [2.24, 2.45) is 0 Å². The molecule has 0 saturated heterocycles. The van der Waals surface area contributed by atoms with Gasteiger partial charge in [0.1, 0.15) is 0 Å². The van der Waals surface area contributed by atoms with Gasteiger partial charge in [-0.2, -0.15) is 0 Å². The summed E-state index contributed by atoms with van der Waals surface area (Å²) in [6.07, 6.45) is 0. The van der Waals surface area contributed by atoms with E-state index in [1.165, 1.54) is 84.5 Å². The van der Waals surface area contributed by atoms with Gasteiger partial charge in [0.25, 0.3) is 0 Å². The van der Waals surface area contributed by atoms with E-state index >= 15 is 0 Å². The molecular weight excluding hydrogens is 509 g/mol. The fourth-order valence-electron chi connectivity index (χ4n) is 6.92. The maximum atomic E-state index is 2.43. The summed E-state index contributed by atoms with van der Waals surface area (Å²) in [6.45, 7) is 4.72. The first-order valence-corrected chi connectivity index (χ1v) is 15.2. The summed E-state index contributed by atoms with van der Waals surface area (Å²) in [7, 11) is 0. The Morgan fingerprint density at radius 3 is 2.18 bits per heavy atom. The third kappa shape index (κ3) is 2.88. The molecule has 0 radical (unpaired) electrons. The van der Waals surface area contributed by atoms with Crippen LogP contribution in [0.4, 0.5) is 0 Å². The number of hydrogen-bond donors (Lipinski definition) is 0. The maximum absolute atomic E-state index is 2.43. The second-order valence-corrected chi connectivity index (χ2v) is 13.5. The smallest absolute Gasteiger partial charge is 0.0440 e. The molecule has 0 nitrogen and oxygen atoms in total. The molecule has 0 amide bonds. The van der Waals surface area contributed by atoms with Crippen LogP contribution in [0.1, 0.15) is 25.0 Å². The summed E-state index contributed by atoms with van der Waals surface area (Å²) >= 11 is 3.85. The molecule has 0 saturated carbocycles. The van der Waals surface area contributed by atoms with Gasteiger partial charge in [0.05, 0.1) is 0 Å². The quantitative estimate of drug-likeness (QED) is 0.197. The minimum Gasteiger partial charge on any atom is -0.135 e. The average molecular weight is 533 g/mol. The van der Waals surface area contributed by atoms with Crippen LogP contribution in [0.3, 0.4) is 0 Å². The van der Waals surface area contributed by atoms with Gasteiger partial charge in [0.2, 0.25) is 0 Å². The number of thiophene rings is 2. The maximum Gasteiger partial charge on any atom is 0.0440 e. The van der Waals surface area contributed by atoms with Crippen LogP contribution in [0.15, 0.2) is 109 Å². The van der Waals surface area contributed by atoms with Crippen LogP contribution in [0.25, 0.3) is 73.4 Å². The van der Waals surface area contributed by atoms with Crippen molar-refractivity contribution >= 4 is 73.8 Å². The third-order valence-electron chi connectivity index (χ3n) is 8.88. The molecule has 2 aromatic heterocycles. The first-order chi connectivity index (χ1) is 19.1. The Bertz CT molecular complexity index is 2310. The van der Waals surface area contributed by atoms with E-state index in [0.29, 0.717) is 0 Å². The first kappa shape index (κ1) is 21.9. The highest BCUT2D eigenvalue weighted by Gasteiger charge is 2.35. The molecule has 184 valence electrons. The summed E-state index contributed by atoms with van der Waals surface area (Å²) in [5.74, 6) is 0. The molecule has 0 N–H and O–H groups in total. The molecule has 2 heteroatoms. The van der Waals surface area contributed by atoms with E-state index in [2.05, 4.69) is 123 Å². The predicted octanol–water partition coefficient (Wildman–Crippen LogP) is 11.5. The molecule has 2 heterocycles. The van der Waals surface area contributed by atoms with E-state index in [0.717, 1.165) is 0 Å². The van der Waals surface area contributed by atoms with E-state index in [4.69, 9.17) is 0 Å². The van der Waals surface area contributed by atoms with Gasteiger partial charge in [-0.05, 0) is 63.0 Å². The fourth-order valence-corrected chi connectivity index (χ4v) is 9.34. The molecule has 1 aliphatic carbocycles. The molecule has 9 rings (SSSR count). The SMILES string of the molecule is CC1(C)c2ccccc2-c2ccc(-c3ccc4c(c3)sc3ccc5ccc6c7ccccc7sc6c5c34)cc21. The molecule has 0 atom stereocenters. The van der Waals surface area contributed by atoms with Gasteiger partial charge >= 0.3 is 0 Å². The van der Waals surface area contributed by atoms with E-state index in [1.54, 1.807) is 0 Å². The van der Waals surface area contributed by atoms with Crippen LogP contribution < -0.4 is 0 Å². The highest BCUT2D eigenvalue weighted by Crippen LogP contribution is 2.50. The van der Waals surface area contributed by atoms with Crippen molar-refractivity contribution < 1.29 is 0 Å². The van der Waals surface area contributed by atoms with Crippen molar-refractivity contribution in [1.82, 2.24) is 0 Å². The van der Waals surface area contributed by atoms with Crippen LogP contribution in [0.5, 0.6) is 0 Å². The van der Waals surface area contributed by atoms with Crippen molar-refractivity contribution in [2.75, 3.05) is 0 Å². The lowest BCUT2D eigenvalue weighted by Gasteiger charge is -2.22. The second-order valence-electron chi connectivity index (χ2n) is 11.3. The van der Waals surface area contributed by atoms with Gasteiger partial charge < -0.3 is 0 Å². The van der Waals surface area contributed by atoms with Crippen LogP contribution in [-0.2, 0) is 5.41 Å². The van der Waals surface area contributed by atoms with Crippen molar-refractivity contribution in [3.05, 3.63) is 120 Å². The van der Waals surface area contributed by atoms with Crippen molar-refractivity contribution in [2.45, 2.75) is 19.3 Å². The number of benzene rings is 6. The van der Waals surface area contributed by atoms with Crippen molar-refractivity contribution in [3.8, 4) is 22.3 Å². The molecule has 0 bridgehead atoms. The Kier molecular flexibility index (Phi) is 4.25. The van der Waals surface area contributed by atoms with Crippen LogP contribution in [-0.4, -0.2) is 0 Å². The topological polar surface area (TPSA) is 0 Å². The Morgan fingerprint density at radius 1 is 0.487 bits per heavy atom. The summed E-state index contributed by atoms with van der Waals surface area (Å²) in [4.78, 5) is 0. The standard InChI is InChI=1S/C37H24S2/c1-37(2)29-9-5-3-7-24(29)25-15-12-22(19-30(25)37)23-13-17-28-33(20-23)38-32-18-14-21-11-16-27-26-8-4-6-10-31(26)39-36(27)34(21)35(28)32/h3-20H,1-2H3. The number of rotatable bonds is 1. The van der Waals surface area contributed by atoms with Gasteiger partial charge in [-0.25, -0.2) is 0 Å². The van der Waals surface area contributed by atoms with Crippen molar-refractivity contribution in [1.29, 1.82) is 0 Å². The van der Waals surface area contributed by atoms with Crippen molar-refractivity contribution in [3.63, 3.8) is 0 Å². The normalized spacial score (nSPS) is 14.1.